The molecule has 1 heterocycles. The Kier molecular flexibility index (Phi) is 2.84. The van der Waals surface area contributed by atoms with E-state index in [4.69, 9.17) is 0 Å². The minimum atomic E-state index is -4.30. The van der Waals surface area contributed by atoms with Crippen LogP contribution in [0.5, 0.6) is 0 Å². The molecular weight excluding hydrogens is 294 g/mol. The molecule has 0 saturated heterocycles. The second-order valence-electron chi connectivity index (χ2n) is 2.69. The molecular formula is C8H7F3IN. The van der Waals surface area contributed by atoms with Gasteiger partial charge in [0.25, 0.3) is 0 Å². The lowest BCUT2D eigenvalue weighted by Crippen LogP contribution is -2.10. The van der Waals surface area contributed by atoms with Crippen molar-refractivity contribution in [2.24, 2.45) is 0 Å². The van der Waals surface area contributed by atoms with Gasteiger partial charge >= 0.3 is 6.18 Å². The number of nitrogens with zero attached hydrogens (tertiary/aromatic N) is 1. The third kappa shape index (κ3) is 2.32. The van der Waals surface area contributed by atoms with Gasteiger partial charge in [0.15, 0.2) is 0 Å². The van der Waals surface area contributed by atoms with Crippen LogP contribution in [0.4, 0.5) is 13.2 Å². The first-order valence-electron chi connectivity index (χ1n) is 3.53. The van der Waals surface area contributed by atoms with E-state index < -0.39 is 11.7 Å². The summed E-state index contributed by atoms with van der Waals surface area (Å²) in [6.45, 7) is 3.06. The normalized spacial score (nSPS) is 11.8. The maximum atomic E-state index is 12.3. The van der Waals surface area contributed by atoms with Crippen LogP contribution in [-0.2, 0) is 6.18 Å². The minimum absolute atomic E-state index is 0.0328. The summed E-state index contributed by atoms with van der Waals surface area (Å²) in [5.74, 6) is 0. The molecule has 0 radical (unpaired) electrons. The Labute approximate surface area is 87.5 Å². The lowest BCUT2D eigenvalue weighted by atomic mass is 10.2. The molecule has 0 unspecified atom stereocenters. The van der Waals surface area contributed by atoms with Gasteiger partial charge in [-0.25, -0.2) is 0 Å². The topological polar surface area (TPSA) is 12.9 Å². The van der Waals surface area contributed by atoms with Gasteiger partial charge in [-0.1, -0.05) is 0 Å². The summed E-state index contributed by atoms with van der Waals surface area (Å²) in [7, 11) is 0. The molecule has 1 aromatic rings. The number of hydrogen-bond acceptors (Lipinski definition) is 1. The van der Waals surface area contributed by atoms with Crippen LogP contribution in [0.1, 0.15) is 17.0 Å². The molecule has 1 nitrogen and oxygen atoms in total. The average Bonchev–Trinajstić information content (AvgIpc) is 1.94. The average molecular weight is 301 g/mol. The number of halogens is 4. The number of hydrogen-bond donors (Lipinski definition) is 0. The Hall–Kier alpha value is -0.330. The third-order valence-corrected chi connectivity index (χ3v) is 2.74. The van der Waals surface area contributed by atoms with Gasteiger partial charge in [0.2, 0.25) is 0 Å². The summed E-state index contributed by atoms with van der Waals surface area (Å²) in [6.07, 6.45) is -4.30. The molecule has 0 saturated carbocycles. The van der Waals surface area contributed by atoms with E-state index in [9.17, 15) is 13.2 Å². The van der Waals surface area contributed by atoms with Gasteiger partial charge in [-0.15, -0.1) is 0 Å². The van der Waals surface area contributed by atoms with Crippen molar-refractivity contribution in [2.75, 3.05) is 0 Å². The largest absolute Gasteiger partial charge is 0.418 e. The molecule has 0 aromatic carbocycles. The van der Waals surface area contributed by atoms with Crippen LogP contribution in [0.15, 0.2) is 6.07 Å². The standard InChI is InChI=1S/C8H7F3IN/c1-4-6(8(9,10)11)3-7(12)5(2)13-4/h3H,1-2H3. The Morgan fingerprint density at radius 3 is 2.23 bits per heavy atom. The lowest BCUT2D eigenvalue weighted by Gasteiger charge is -2.10. The van der Waals surface area contributed by atoms with E-state index in [1.165, 1.54) is 6.92 Å². The predicted octanol–water partition coefficient (Wildman–Crippen LogP) is 3.32. The first-order valence-corrected chi connectivity index (χ1v) is 4.61. The molecule has 0 amide bonds. The van der Waals surface area contributed by atoms with Crippen LogP contribution in [0.3, 0.4) is 0 Å². The molecule has 1 rings (SSSR count). The van der Waals surface area contributed by atoms with E-state index in [1.54, 1.807) is 6.92 Å². The van der Waals surface area contributed by atoms with E-state index >= 15 is 0 Å². The van der Waals surface area contributed by atoms with Crippen molar-refractivity contribution >= 4 is 22.6 Å². The smallest absolute Gasteiger partial charge is 0.257 e. The van der Waals surface area contributed by atoms with E-state index in [-0.39, 0.29) is 5.69 Å². The highest BCUT2D eigenvalue weighted by molar-refractivity contribution is 14.1. The van der Waals surface area contributed by atoms with Gasteiger partial charge in [0, 0.05) is 9.26 Å². The summed E-state index contributed by atoms with van der Waals surface area (Å²) in [6, 6.07) is 1.12. The molecule has 5 heteroatoms. The number of aryl methyl sites for hydroxylation is 2. The van der Waals surface area contributed by atoms with Crippen LogP contribution in [0.25, 0.3) is 0 Å². The zero-order valence-electron chi connectivity index (χ0n) is 7.04. The minimum Gasteiger partial charge on any atom is -0.257 e. The quantitative estimate of drug-likeness (QED) is 0.670. The molecule has 0 aliphatic heterocycles. The van der Waals surface area contributed by atoms with Crippen LogP contribution in [0, 0.1) is 17.4 Å². The van der Waals surface area contributed by atoms with Gasteiger partial charge in [0.05, 0.1) is 11.3 Å². The third-order valence-electron chi connectivity index (χ3n) is 1.65. The molecule has 0 fully saturated rings. The van der Waals surface area contributed by atoms with Crippen molar-refractivity contribution in [2.45, 2.75) is 20.0 Å². The summed E-state index contributed by atoms with van der Waals surface area (Å²) in [4.78, 5) is 3.81. The Morgan fingerprint density at radius 1 is 1.23 bits per heavy atom. The van der Waals surface area contributed by atoms with Gasteiger partial charge in [0.1, 0.15) is 0 Å². The molecule has 0 spiro atoms. The molecule has 13 heavy (non-hydrogen) atoms. The van der Waals surface area contributed by atoms with Crippen LogP contribution in [0.2, 0.25) is 0 Å². The number of pyridine rings is 1. The summed E-state index contributed by atoms with van der Waals surface area (Å²) >= 11 is 1.84. The molecule has 0 aliphatic carbocycles. The van der Waals surface area contributed by atoms with Crippen molar-refractivity contribution in [1.82, 2.24) is 4.98 Å². The fraction of sp³-hybridized carbons (Fsp3) is 0.375. The fourth-order valence-corrected chi connectivity index (χ4v) is 1.42. The highest BCUT2D eigenvalue weighted by atomic mass is 127. The fourth-order valence-electron chi connectivity index (χ4n) is 0.988. The van der Waals surface area contributed by atoms with Gasteiger partial charge < -0.3 is 0 Å². The van der Waals surface area contributed by atoms with Crippen LogP contribution in [-0.4, -0.2) is 4.98 Å². The molecule has 1 aromatic heterocycles. The molecule has 0 N–H and O–H groups in total. The van der Waals surface area contributed by atoms with Gasteiger partial charge in [-0.05, 0) is 42.5 Å². The monoisotopic (exact) mass is 301 g/mol. The predicted molar refractivity (Wildman–Crippen MR) is 51.4 cm³/mol. The first-order chi connectivity index (χ1) is 5.82. The molecule has 0 atom stereocenters. The van der Waals surface area contributed by atoms with Gasteiger partial charge in [-0.3, -0.25) is 4.98 Å². The van der Waals surface area contributed by atoms with E-state index in [2.05, 4.69) is 4.98 Å². The lowest BCUT2D eigenvalue weighted by molar-refractivity contribution is -0.138. The van der Waals surface area contributed by atoms with Crippen LogP contribution >= 0.6 is 22.6 Å². The highest BCUT2D eigenvalue weighted by Crippen LogP contribution is 2.32. The van der Waals surface area contributed by atoms with Gasteiger partial charge in [-0.2, -0.15) is 13.2 Å². The summed E-state index contributed by atoms with van der Waals surface area (Å²) in [5.41, 5.74) is 0.0130. The Balaban J connectivity index is 3.32. The number of rotatable bonds is 0. The first kappa shape index (κ1) is 10.7. The zero-order chi connectivity index (χ0) is 10.2. The summed E-state index contributed by atoms with van der Waals surface area (Å²) < 4.78 is 37.5. The van der Waals surface area contributed by atoms with Crippen molar-refractivity contribution in [1.29, 1.82) is 0 Å². The van der Waals surface area contributed by atoms with Crippen molar-refractivity contribution in [3.63, 3.8) is 0 Å². The van der Waals surface area contributed by atoms with Crippen LogP contribution < -0.4 is 0 Å². The van der Waals surface area contributed by atoms with E-state index in [0.29, 0.717) is 9.26 Å². The van der Waals surface area contributed by atoms with E-state index in [1.807, 2.05) is 22.6 Å². The second kappa shape index (κ2) is 3.43. The zero-order valence-corrected chi connectivity index (χ0v) is 9.19. The van der Waals surface area contributed by atoms with Crippen molar-refractivity contribution in [3.8, 4) is 0 Å². The second-order valence-corrected chi connectivity index (χ2v) is 3.85. The summed E-state index contributed by atoms with van der Waals surface area (Å²) in [5, 5.41) is 0. The SMILES string of the molecule is Cc1nc(C)c(C(F)(F)F)cc1I. The van der Waals surface area contributed by atoms with Crippen molar-refractivity contribution < 1.29 is 13.2 Å². The van der Waals surface area contributed by atoms with Crippen molar-refractivity contribution in [3.05, 3.63) is 26.6 Å². The Morgan fingerprint density at radius 2 is 1.77 bits per heavy atom. The molecule has 0 bridgehead atoms. The van der Waals surface area contributed by atoms with E-state index in [0.717, 1.165) is 6.07 Å². The molecule has 72 valence electrons. The number of aromatic nitrogens is 1. The number of alkyl halides is 3. The Bertz CT molecular complexity index is 333. The highest BCUT2D eigenvalue weighted by Gasteiger charge is 2.33. The maximum Gasteiger partial charge on any atom is 0.418 e. The maximum absolute atomic E-state index is 12.3. The molecule has 0 aliphatic rings.